The minimum Gasteiger partial charge on any atom is -0.388 e. The van der Waals surface area contributed by atoms with E-state index in [1.165, 1.54) is 6.08 Å². The summed E-state index contributed by atoms with van der Waals surface area (Å²) in [5, 5.41) is 10.6. The van der Waals surface area contributed by atoms with Crippen molar-refractivity contribution in [2.45, 2.75) is 43.6 Å². The van der Waals surface area contributed by atoms with Crippen molar-refractivity contribution in [2.24, 2.45) is 0 Å². The number of hydrogen-bond donors (Lipinski definition) is 1. The molecule has 2 amide bonds. The van der Waals surface area contributed by atoms with Crippen LogP contribution in [0.25, 0.3) is 0 Å². The predicted molar refractivity (Wildman–Crippen MR) is 101 cm³/mol. The second kappa shape index (κ2) is 7.23. The van der Waals surface area contributed by atoms with Crippen LogP contribution in [-0.2, 0) is 15.0 Å². The van der Waals surface area contributed by atoms with Gasteiger partial charge in [0.15, 0.2) is 0 Å². The molecule has 0 aromatic heterocycles. The van der Waals surface area contributed by atoms with Gasteiger partial charge in [0.25, 0.3) is 0 Å². The van der Waals surface area contributed by atoms with E-state index in [0.29, 0.717) is 51.9 Å². The average Bonchev–Trinajstić information content (AvgIpc) is 3.10. The van der Waals surface area contributed by atoms with Crippen LogP contribution in [0.3, 0.4) is 0 Å². The van der Waals surface area contributed by atoms with E-state index >= 15 is 0 Å². The standard InChI is InChI=1S/C21H28N2O3/c1-3-18(24)22-14-11-21(12-15-22,17-8-6-5-7-9-17)19(25)23-13-10-20(26,4-2)16-23/h3,5-9,26H,1,4,10-16H2,2H3. The number of benzene rings is 1. The first-order valence-corrected chi connectivity index (χ1v) is 9.43. The normalized spacial score (nSPS) is 25.2. The van der Waals surface area contributed by atoms with Crippen LogP contribution in [0.15, 0.2) is 43.0 Å². The first-order chi connectivity index (χ1) is 12.4. The first kappa shape index (κ1) is 18.6. The molecule has 140 valence electrons. The third-order valence-electron chi connectivity index (χ3n) is 6.12. The van der Waals surface area contributed by atoms with E-state index < -0.39 is 11.0 Å². The minimum absolute atomic E-state index is 0.0822. The van der Waals surface area contributed by atoms with E-state index in [9.17, 15) is 14.7 Å². The number of amides is 2. The largest absolute Gasteiger partial charge is 0.388 e. The van der Waals surface area contributed by atoms with Gasteiger partial charge in [0, 0.05) is 26.2 Å². The number of rotatable bonds is 4. The van der Waals surface area contributed by atoms with E-state index in [1.54, 1.807) is 4.90 Å². The van der Waals surface area contributed by atoms with Crippen LogP contribution in [0, 0.1) is 0 Å². The maximum absolute atomic E-state index is 13.6. The summed E-state index contributed by atoms with van der Waals surface area (Å²) in [6.45, 7) is 7.58. The Kier molecular flexibility index (Phi) is 5.19. The van der Waals surface area contributed by atoms with E-state index in [-0.39, 0.29) is 11.8 Å². The second-order valence-corrected chi connectivity index (χ2v) is 7.53. The van der Waals surface area contributed by atoms with E-state index in [1.807, 2.05) is 42.2 Å². The molecule has 0 bridgehead atoms. The van der Waals surface area contributed by atoms with Crippen molar-refractivity contribution in [1.82, 2.24) is 9.80 Å². The zero-order valence-corrected chi connectivity index (χ0v) is 15.5. The van der Waals surface area contributed by atoms with Gasteiger partial charge in [-0.2, -0.15) is 0 Å². The summed E-state index contributed by atoms with van der Waals surface area (Å²) in [6, 6.07) is 9.87. The molecule has 26 heavy (non-hydrogen) atoms. The fourth-order valence-corrected chi connectivity index (χ4v) is 4.24. The Balaban J connectivity index is 1.87. The van der Waals surface area contributed by atoms with E-state index in [4.69, 9.17) is 0 Å². The molecular formula is C21H28N2O3. The van der Waals surface area contributed by atoms with Crippen LogP contribution in [0.5, 0.6) is 0 Å². The lowest BCUT2D eigenvalue weighted by Gasteiger charge is -2.43. The van der Waals surface area contributed by atoms with Gasteiger partial charge in [-0.05, 0) is 37.3 Å². The molecule has 1 aromatic carbocycles. The van der Waals surface area contributed by atoms with Crippen LogP contribution in [0.2, 0.25) is 0 Å². The van der Waals surface area contributed by atoms with Gasteiger partial charge in [-0.25, -0.2) is 0 Å². The minimum atomic E-state index is -0.771. The van der Waals surface area contributed by atoms with Gasteiger partial charge in [-0.1, -0.05) is 43.8 Å². The van der Waals surface area contributed by atoms with Gasteiger partial charge in [-0.15, -0.1) is 0 Å². The molecule has 2 heterocycles. The number of nitrogens with zero attached hydrogens (tertiary/aromatic N) is 2. The molecule has 0 aliphatic carbocycles. The number of hydrogen-bond acceptors (Lipinski definition) is 3. The quantitative estimate of drug-likeness (QED) is 0.841. The molecule has 5 nitrogen and oxygen atoms in total. The monoisotopic (exact) mass is 356 g/mol. The van der Waals surface area contributed by atoms with Gasteiger partial charge in [0.1, 0.15) is 0 Å². The lowest BCUT2D eigenvalue weighted by atomic mass is 9.71. The van der Waals surface area contributed by atoms with Crippen molar-refractivity contribution in [2.75, 3.05) is 26.2 Å². The summed E-state index contributed by atoms with van der Waals surface area (Å²) in [6.07, 6.45) is 3.80. The Bertz CT molecular complexity index is 680. The summed E-state index contributed by atoms with van der Waals surface area (Å²) in [4.78, 5) is 29.1. The highest BCUT2D eigenvalue weighted by Gasteiger charge is 2.48. The SMILES string of the molecule is C=CC(=O)N1CCC(C(=O)N2CCC(O)(CC)C2)(c2ccccc2)CC1. The molecule has 0 radical (unpaired) electrons. The summed E-state index contributed by atoms with van der Waals surface area (Å²) in [7, 11) is 0. The van der Waals surface area contributed by atoms with Crippen molar-refractivity contribution in [3.63, 3.8) is 0 Å². The zero-order valence-electron chi connectivity index (χ0n) is 15.5. The third kappa shape index (κ3) is 3.28. The number of carbonyl (C=O) groups is 2. The topological polar surface area (TPSA) is 60.9 Å². The number of carbonyl (C=O) groups excluding carboxylic acids is 2. The highest BCUT2D eigenvalue weighted by atomic mass is 16.3. The van der Waals surface area contributed by atoms with Crippen LogP contribution < -0.4 is 0 Å². The molecule has 2 aliphatic rings. The maximum atomic E-state index is 13.6. The highest BCUT2D eigenvalue weighted by molar-refractivity contribution is 5.90. The molecule has 2 fully saturated rings. The first-order valence-electron chi connectivity index (χ1n) is 9.43. The van der Waals surface area contributed by atoms with Gasteiger partial charge in [0.05, 0.1) is 11.0 Å². The van der Waals surface area contributed by atoms with Crippen molar-refractivity contribution in [1.29, 1.82) is 0 Å². The molecule has 1 N–H and O–H groups in total. The average molecular weight is 356 g/mol. The van der Waals surface area contributed by atoms with Crippen LogP contribution >= 0.6 is 0 Å². The molecule has 3 rings (SSSR count). The Morgan fingerprint density at radius 1 is 1.12 bits per heavy atom. The molecular weight excluding hydrogens is 328 g/mol. The summed E-state index contributed by atoms with van der Waals surface area (Å²) in [5.41, 5.74) is -0.395. The fourth-order valence-electron chi connectivity index (χ4n) is 4.24. The number of piperidine rings is 1. The zero-order chi connectivity index (χ0) is 18.8. The highest BCUT2D eigenvalue weighted by Crippen LogP contribution is 2.39. The van der Waals surface area contributed by atoms with Gasteiger partial charge >= 0.3 is 0 Å². The molecule has 0 saturated carbocycles. The van der Waals surface area contributed by atoms with Gasteiger partial charge < -0.3 is 14.9 Å². The molecule has 2 saturated heterocycles. The maximum Gasteiger partial charge on any atom is 0.245 e. The molecule has 0 spiro atoms. The van der Waals surface area contributed by atoms with Crippen LogP contribution in [0.4, 0.5) is 0 Å². The van der Waals surface area contributed by atoms with Crippen molar-refractivity contribution < 1.29 is 14.7 Å². The molecule has 1 unspecified atom stereocenters. The summed E-state index contributed by atoms with van der Waals surface area (Å²) >= 11 is 0. The summed E-state index contributed by atoms with van der Waals surface area (Å²) < 4.78 is 0. The second-order valence-electron chi connectivity index (χ2n) is 7.53. The Morgan fingerprint density at radius 3 is 2.27 bits per heavy atom. The fraction of sp³-hybridized carbons (Fsp3) is 0.524. The van der Waals surface area contributed by atoms with E-state index in [2.05, 4.69) is 6.58 Å². The lowest BCUT2D eigenvalue weighted by molar-refractivity contribution is -0.141. The smallest absolute Gasteiger partial charge is 0.245 e. The van der Waals surface area contributed by atoms with Crippen LogP contribution in [-0.4, -0.2) is 58.5 Å². The molecule has 1 atom stereocenters. The molecule has 2 aliphatic heterocycles. The Labute approximate surface area is 155 Å². The third-order valence-corrected chi connectivity index (χ3v) is 6.12. The molecule has 1 aromatic rings. The van der Waals surface area contributed by atoms with Crippen LogP contribution in [0.1, 0.15) is 38.2 Å². The number of likely N-dealkylation sites (tertiary alicyclic amines) is 2. The summed E-state index contributed by atoms with van der Waals surface area (Å²) in [5.74, 6) is -0.000539. The van der Waals surface area contributed by atoms with Gasteiger partial charge in [-0.3, -0.25) is 9.59 Å². The number of aliphatic hydroxyl groups is 1. The molecule has 5 heteroatoms. The van der Waals surface area contributed by atoms with Gasteiger partial charge in [0.2, 0.25) is 11.8 Å². The number of β-amino-alcohol motifs (C(OH)–C–C–N with tert-alkyl or cyclic N) is 1. The van der Waals surface area contributed by atoms with Crippen molar-refractivity contribution in [3.05, 3.63) is 48.6 Å². The van der Waals surface area contributed by atoms with E-state index in [0.717, 1.165) is 5.56 Å². The van der Waals surface area contributed by atoms with Crippen molar-refractivity contribution >= 4 is 11.8 Å². The Hall–Kier alpha value is -2.14. The lowest BCUT2D eigenvalue weighted by Crippen LogP contribution is -2.53. The predicted octanol–water partition coefficient (Wildman–Crippen LogP) is 2.11. The van der Waals surface area contributed by atoms with Crippen molar-refractivity contribution in [3.8, 4) is 0 Å². The Morgan fingerprint density at radius 2 is 1.73 bits per heavy atom.